The number of carbonyl (C=O) groups is 2. The Labute approximate surface area is 192 Å². The summed E-state index contributed by atoms with van der Waals surface area (Å²) in [6.07, 6.45) is 2.16. The van der Waals surface area contributed by atoms with E-state index < -0.39 is 6.04 Å². The smallest absolute Gasteiger partial charge is 0.296 e. The summed E-state index contributed by atoms with van der Waals surface area (Å²) < 4.78 is 6.21. The Morgan fingerprint density at radius 3 is 2.77 bits per heavy atom. The van der Waals surface area contributed by atoms with Crippen molar-refractivity contribution in [3.63, 3.8) is 0 Å². The van der Waals surface area contributed by atoms with Gasteiger partial charge in [0.05, 0.1) is 23.2 Å². The van der Waals surface area contributed by atoms with Crippen LogP contribution in [0.15, 0.2) is 35.6 Å². The minimum Gasteiger partial charge on any atom is -0.483 e. The number of aromatic nitrogens is 1. The number of anilines is 1. The summed E-state index contributed by atoms with van der Waals surface area (Å²) in [5, 5.41) is 1.13. The van der Waals surface area contributed by atoms with E-state index in [0.717, 1.165) is 29.0 Å². The van der Waals surface area contributed by atoms with Crippen molar-refractivity contribution < 1.29 is 14.3 Å². The van der Waals surface area contributed by atoms with E-state index in [0.29, 0.717) is 22.1 Å². The largest absolute Gasteiger partial charge is 0.483 e. The Hall–Kier alpha value is -1.70. The number of hydrogen-bond acceptors (Lipinski definition) is 5. The van der Waals surface area contributed by atoms with E-state index in [9.17, 15) is 9.59 Å². The van der Waals surface area contributed by atoms with E-state index in [-0.39, 0.29) is 34.3 Å². The molecule has 1 amide bonds. The third kappa shape index (κ3) is 3.13. The zero-order chi connectivity index (χ0) is 21.2. The van der Waals surface area contributed by atoms with E-state index in [1.165, 1.54) is 11.3 Å². The van der Waals surface area contributed by atoms with Gasteiger partial charge in [-0.25, -0.2) is 4.98 Å². The predicted octanol–water partition coefficient (Wildman–Crippen LogP) is 5.29. The molecule has 5 nitrogen and oxygen atoms in total. The lowest BCUT2D eigenvalue weighted by Gasteiger charge is -2.37. The molecule has 0 saturated heterocycles. The number of benzene rings is 1. The van der Waals surface area contributed by atoms with Gasteiger partial charge in [-0.15, -0.1) is 11.3 Å². The number of thiazole rings is 1. The quantitative estimate of drug-likeness (QED) is 0.519. The summed E-state index contributed by atoms with van der Waals surface area (Å²) in [5.41, 5.74) is 2.10. The Bertz CT molecular complexity index is 1080. The van der Waals surface area contributed by atoms with Crippen LogP contribution in [0.2, 0.25) is 5.02 Å². The van der Waals surface area contributed by atoms with Crippen LogP contribution in [0.3, 0.4) is 0 Å². The molecule has 0 spiro atoms. The highest BCUT2D eigenvalue weighted by molar-refractivity contribution is 9.09. The summed E-state index contributed by atoms with van der Waals surface area (Å²) in [6, 6.07) is 6.74. The van der Waals surface area contributed by atoms with Crippen LogP contribution in [-0.4, -0.2) is 27.6 Å². The van der Waals surface area contributed by atoms with E-state index in [1.54, 1.807) is 11.0 Å². The lowest BCUT2D eigenvalue weighted by Crippen LogP contribution is -2.41. The van der Waals surface area contributed by atoms with Crippen LogP contribution in [0.1, 0.15) is 41.4 Å². The fourth-order valence-corrected chi connectivity index (χ4v) is 6.37. The number of halogens is 2. The molecule has 2 aromatic rings. The van der Waals surface area contributed by atoms with Crippen LogP contribution in [0, 0.1) is 19.8 Å². The number of Topliss-reactive ketones (excluding diaryl/α,β-unsaturated/α-hetero) is 1. The molecule has 2 aliphatic heterocycles. The molecule has 1 aliphatic carbocycles. The van der Waals surface area contributed by atoms with Crippen LogP contribution in [0.5, 0.6) is 0 Å². The number of rotatable bonds is 2. The monoisotopic (exact) mass is 506 g/mol. The Morgan fingerprint density at radius 2 is 2.07 bits per heavy atom. The molecule has 0 radical (unpaired) electrons. The number of alkyl halides is 1. The third-order valence-electron chi connectivity index (χ3n) is 6.17. The van der Waals surface area contributed by atoms with Crippen LogP contribution >= 0.6 is 38.9 Å². The molecular weight excluding hydrogens is 488 g/mol. The first-order valence-electron chi connectivity index (χ1n) is 9.97. The number of aryl methyl sites for hydroxylation is 2. The molecule has 4 unspecified atom stereocenters. The van der Waals surface area contributed by atoms with Crippen molar-refractivity contribution in [2.45, 2.75) is 50.1 Å². The molecule has 0 N–H and O–H groups in total. The van der Waals surface area contributed by atoms with Crippen LogP contribution in [-0.2, 0) is 14.3 Å². The maximum atomic E-state index is 13.7. The second kappa shape index (κ2) is 7.46. The Kier molecular flexibility index (Phi) is 5.03. The molecule has 1 fully saturated rings. The molecule has 156 valence electrons. The van der Waals surface area contributed by atoms with Gasteiger partial charge in [-0.1, -0.05) is 39.7 Å². The normalized spacial score (nSPS) is 28.5. The van der Waals surface area contributed by atoms with Crippen LogP contribution in [0.4, 0.5) is 5.13 Å². The second-order valence-electron chi connectivity index (χ2n) is 8.05. The van der Waals surface area contributed by atoms with Crippen LogP contribution in [0.25, 0.3) is 0 Å². The fraction of sp³-hybridized carbons (Fsp3) is 0.409. The van der Waals surface area contributed by atoms with Crippen molar-refractivity contribution in [1.29, 1.82) is 0 Å². The standard InChI is InChI=1S/C22H20BrClN2O3S/c1-10-11(2)30-22(25-10)26-18(12-4-3-5-14(24)8-12)17-19(27)15-9-13(23)6-7-16(15)29-20(17)21(26)28/h3-5,8,13,15-16,18H,6-7,9H2,1-2H3. The highest BCUT2D eigenvalue weighted by atomic mass is 79.9. The first-order chi connectivity index (χ1) is 14.3. The molecule has 3 heterocycles. The summed E-state index contributed by atoms with van der Waals surface area (Å²) >= 11 is 11.4. The third-order valence-corrected chi connectivity index (χ3v) is 8.31. The number of ketones is 1. The Balaban J connectivity index is 1.66. The maximum Gasteiger partial charge on any atom is 0.296 e. The number of fused-ring (bicyclic) bond motifs is 1. The highest BCUT2D eigenvalue weighted by Crippen LogP contribution is 2.49. The first kappa shape index (κ1) is 20.2. The number of carbonyl (C=O) groups excluding carboxylic acids is 2. The SMILES string of the molecule is Cc1nc(N2C(=O)C3=C(C(=O)C4CC(Br)CCC4O3)C2c2cccc(Cl)c2)sc1C. The van der Waals surface area contributed by atoms with E-state index in [4.69, 9.17) is 16.3 Å². The van der Waals surface area contributed by atoms with Crippen molar-refractivity contribution in [2.75, 3.05) is 4.90 Å². The van der Waals surface area contributed by atoms with Gasteiger partial charge in [-0.05, 0) is 50.8 Å². The maximum absolute atomic E-state index is 13.7. The van der Waals surface area contributed by atoms with Gasteiger partial charge in [-0.3, -0.25) is 14.5 Å². The molecule has 30 heavy (non-hydrogen) atoms. The Morgan fingerprint density at radius 1 is 1.27 bits per heavy atom. The van der Waals surface area contributed by atoms with Crippen molar-refractivity contribution in [1.82, 2.24) is 4.98 Å². The topological polar surface area (TPSA) is 59.5 Å². The lowest BCUT2D eigenvalue weighted by molar-refractivity contribution is -0.131. The summed E-state index contributed by atoms with van der Waals surface area (Å²) in [4.78, 5) is 34.7. The molecule has 8 heteroatoms. The lowest BCUT2D eigenvalue weighted by atomic mass is 9.77. The summed E-state index contributed by atoms with van der Waals surface area (Å²) in [6.45, 7) is 3.90. The van der Waals surface area contributed by atoms with Crippen molar-refractivity contribution in [3.8, 4) is 0 Å². The van der Waals surface area contributed by atoms with Gasteiger partial charge in [0.2, 0.25) is 0 Å². The average Bonchev–Trinajstić information content (AvgIpc) is 3.19. The van der Waals surface area contributed by atoms with E-state index in [2.05, 4.69) is 20.9 Å². The number of amides is 1. The van der Waals surface area contributed by atoms with Crippen molar-refractivity contribution in [2.24, 2.45) is 5.92 Å². The van der Waals surface area contributed by atoms with Gasteiger partial charge < -0.3 is 4.74 Å². The van der Waals surface area contributed by atoms with E-state index in [1.807, 2.05) is 32.0 Å². The van der Waals surface area contributed by atoms with Gasteiger partial charge in [0.1, 0.15) is 6.10 Å². The van der Waals surface area contributed by atoms with Crippen molar-refractivity contribution in [3.05, 3.63) is 56.8 Å². The van der Waals surface area contributed by atoms with Crippen molar-refractivity contribution >= 4 is 55.7 Å². The average molecular weight is 508 g/mol. The second-order valence-corrected chi connectivity index (χ2v) is 11.0. The zero-order valence-electron chi connectivity index (χ0n) is 16.5. The molecular formula is C22H20BrClN2O3S. The molecule has 5 rings (SSSR count). The number of ether oxygens (including phenoxy) is 1. The van der Waals surface area contributed by atoms with Crippen LogP contribution < -0.4 is 4.90 Å². The molecule has 1 saturated carbocycles. The van der Waals surface area contributed by atoms with Gasteiger partial charge in [0.25, 0.3) is 5.91 Å². The highest BCUT2D eigenvalue weighted by Gasteiger charge is 2.53. The van der Waals surface area contributed by atoms with Gasteiger partial charge >= 0.3 is 0 Å². The first-order valence-corrected chi connectivity index (χ1v) is 12.1. The molecule has 3 aliphatic rings. The molecule has 1 aromatic carbocycles. The molecule has 1 aromatic heterocycles. The van der Waals surface area contributed by atoms with E-state index >= 15 is 0 Å². The minimum absolute atomic E-state index is 0.0104. The summed E-state index contributed by atoms with van der Waals surface area (Å²) in [5.74, 6) is -0.339. The van der Waals surface area contributed by atoms with Gasteiger partial charge in [0.15, 0.2) is 16.7 Å². The fourth-order valence-electron chi connectivity index (χ4n) is 4.56. The zero-order valence-corrected chi connectivity index (χ0v) is 19.7. The van der Waals surface area contributed by atoms with Gasteiger partial charge in [0, 0.05) is 14.7 Å². The summed E-state index contributed by atoms with van der Waals surface area (Å²) in [7, 11) is 0. The van der Waals surface area contributed by atoms with Gasteiger partial charge in [-0.2, -0.15) is 0 Å². The number of nitrogens with zero attached hydrogens (tertiary/aromatic N) is 2. The number of hydrogen-bond donors (Lipinski definition) is 0. The molecule has 0 bridgehead atoms. The molecule has 4 atom stereocenters. The minimum atomic E-state index is -0.583. The predicted molar refractivity (Wildman–Crippen MR) is 120 cm³/mol.